The number of hydrogen-bond donors (Lipinski definition) is 0. The van der Waals surface area contributed by atoms with Gasteiger partial charge in [0.1, 0.15) is 0 Å². The molecule has 0 aromatic rings. The second-order valence-electron chi connectivity index (χ2n) is 5.97. The highest BCUT2D eigenvalue weighted by atomic mass is 16.6. The normalized spacial score (nSPS) is 27.8. The zero-order valence-corrected chi connectivity index (χ0v) is 10.8. The minimum absolute atomic E-state index is 0.393. The standard InChI is InChI=1S/C14H26O2/c1-3-14(2,8-4-5-13-10-16-13)11-15-9-12-6-7-12/h12-13H,3-11H2,1-2H3. The highest BCUT2D eigenvalue weighted by Crippen LogP contribution is 2.33. The quantitative estimate of drug-likeness (QED) is 0.562. The van der Waals surface area contributed by atoms with Gasteiger partial charge in [-0.15, -0.1) is 0 Å². The maximum Gasteiger partial charge on any atom is 0.0810 e. The predicted molar refractivity (Wildman–Crippen MR) is 65.5 cm³/mol. The third kappa shape index (κ3) is 4.42. The van der Waals surface area contributed by atoms with Crippen LogP contribution in [0, 0.1) is 11.3 Å². The summed E-state index contributed by atoms with van der Waals surface area (Å²) in [7, 11) is 0. The van der Waals surface area contributed by atoms with Gasteiger partial charge in [0.05, 0.1) is 19.3 Å². The molecule has 2 rings (SSSR count). The molecule has 0 aromatic carbocycles. The van der Waals surface area contributed by atoms with Crippen LogP contribution in [0.25, 0.3) is 0 Å². The van der Waals surface area contributed by atoms with Crippen molar-refractivity contribution in [2.45, 2.75) is 58.5 Å². The summed E-state index contributed by atoms with van der Waals surface area (Å²) in [6, 6.07) is 0. The SMILES string of the molecule is CCC(C)(CCCC1CO1)COCC1CC1. The molecule has 2 nitrogen and oxygen atoms in total. The van der Waals surface area contributed by atoms with Crippen LogP contribution in [0.5, 0.6) is 0 Å². The van der Waals surface area contributed by atoms with Crippen LogP contribution in [0.15, 0.2) is 0 Å². The minimum Gasteiger partial charge on any atom is -0.381 e. The maximum absolute atomic E-state index is 5.86. The summed E-state index contributed by atoms with van der Waals surface area (Å²) >= 11 is 0. The van der Waals surface area contributed by atoms with Crippen molar-refractivity contribution in [1.29, 1.82) is 0 Å². The average molecular weight is 226 g/mol. The van der Waals surface area contributed by atoms with Crippen LogP contribution >= 0.6 is 0 Å². The number of rotatable bonds is 9. The molecule has 1 aliphatic carbocycles. The molecule has 2 atom stereocenters. The van der Waals surface area contributed by atoms with Gasteiger partial charge in [0.15, 0.2) is 0 Å². The molecule has 0 spiro atoms. The topological polar surface area (TPSA) is 21.8 Å². The first-order valence-electron chi connectivity index (χ1n) is 6.91. The highest BCUT2D eigenvalue weighted by molar-refractivity contribution is 4.77. The van der Waals surface area contributed by atoms with Gasteiger partial charge in [-0.25, -0.2) is 0 Å². The summed E-state index contributed by atoms with van der Waals surface area (Å²) in [5.74, 6) is 0.890. The molecule has 0 radical (unpaired) electrons. The molecular formula is C14H26O2. The van der Waals surface area contributed by atoms with E-state index < -0.39 is 0 Å². The summed E-state index contributed by atoms with van der Waals surface area (Å²) in [5, 5.41) is 0. The molecule has 2 heteroatoms. The van der Waals surface area contributed by atoms with Crippen molar-refractivity contribution in [2.75, 3.05) is 19.8 Å². The maximum atomic E-state index is 5.86. The number of hydrogen-bond acceptors (Lipinski definition) is 2. The summed E-state index contributed by atoms with van der Waals surface area (Å²) in [4.78, 5) is 0. The Morgan fingerprint density at radius 3 is 2.69 bits per heavy atom. The lowest BCUT2D eigenvalue weighted by Gasteiger charge is -2.28. The average Bonchev–Trinajstić information content (AvgIpc) is 3.12. The van der Waals surface area contributed by atoms with Gasteiger partial charge in [0.2, 0.25) is 0 Å². The lowest BCUT2D eigenvalue weighted by atomic mass is 9.83. The Morgan fingerprint density at radius 2 is 2.12 bits per heavy atom. The van der Waals surface area contributed by atoms with Crippen molar-refractivity contribution in [3.63, 3.8) is 0 Å². The van der Waals surface area contributed by atoms with Crippen molar-refractivity contribution in [2.24, 2.45) is 11.3 Å². The van der Waals surface area contributed by atoms with E-state index in [0.717, 1.165) is 25.7 Å². The summed E-state index contributed by atoms with van der Waals surface area (Å²) < 4.78 is 11.1. The molecular weight excluding hydrogens is 200 g/mol. The Bertz CT molecular complexity index is 189. The van der Waals surface area contributed by atoms with Gasteiger partial charge in [-0.05, 0) is 43.4 Å². The molecule has 2 unspecified atom stereocenters. The highest BCUT2D eigenvalue weighted by Gasteiger charge is 2.27. The second-order valence-corrected chi connectivity index (χ2v) is 5.97. The molecule has 0 N–H and O–H groups in total. The lowest BCUT2D eigenvalue weighted by Crippen LogP contribution is -2.23. The van der Waals surface area contributed by atoms with Crippen molar-refractivity contribution in [3.05, 3.63) is 0 Å². The van der Waals surface area contributed by atoms with E-state index in [0.29, 0.717) is 11.5 Å². The molecule has 1 heterocycles. The van der Waals surface area contributed by atoms with E-state index in [9.17, 15) is 0 Å². The summed E-state index contributed by atoms with van der Waals surface area (Å²) in [6.07, 6.45) is 8.43. The first kappa shape index (κ1) is 12.4. The first-order chi connectivity index (χ1) is 7.72. The van der Waals surface area contributed by atoms with E-state index in [4.69, 9.17) is 9.47 Å². The van der Waals surface area contributed by atoms with Gasteiger partial charge in [-0.1, -0.05) is 20.3 Å². The molecule has 0 amide bonds. The molecule has 0 aromatic heterocycles. The van der Waals surface area contributed by atoms with Crippen LogP contribution in [-0.2, 0) is 9.47 Å². The third-order valence-electron chi connectivity index (χ3n) is 4.06. The molecule has 94 valence electrons. The van der Waals surface area contributed by atoms with Crippen molar-refractivity contribution in [1.82, 2.24) is 0 Å². The van der Waals surface area contributed by atoms with Crippen molar-refractivity contribution < 1.29 is 9.47 Å². The van der Waals surface area contributed by atoms with E-state index in [2.05, 4.69) is 13.8 Å². The van der Waals surface area contributed by atoms with Crippen LogP contribution in [0.3, 0.4) is 0 Å². The third-order valence-corrected chi connectivity index (χ3v) is 4.06. The van der Waals surface area contributed by atoms with E-state index in [1.807, 2.05) is 0 Å². The van der Waals surface area contributed by atoms with Crippen molar-refractivity contribution in [3.8, 4) is 0 Å². The Labute approximate surface area is 99.7 Å². The number of epoxide rings is 1. The van der Waals surface area contributed by atoms with Gasteiger partial charge < -0.3 is 9.47 Å². The fourth-order valence-electron chi connectivity index (χ4n) is 2.10. The van der Waals surface area contributed by atoms with Crippen LogP contribution < -0.4 is 0 Å². The largest absolute Gasteiger partial charge is 0.381 e. The lowest BCUT2D eigenvalue weighted by molar-refractivity contribution is 0.0383. The van der Waals surface area contributed by atoms with Gasteiger partial charge >= 0.3 is 0 Å². The zero-order valence-electron chi connectivity index (χ0n) is 10.8. The Balaban J connectivity index is 1.57. The van der Waals surface area contributed by atoms with Crippen LogP contribution in [-0.4, -0.2) is 25.9 Å². The van der Waals surface area contributed by atoms with Gasteiger partial charge in [-0.2, -0.15) is 0 Å². The first-order valence-corrected chi connectivity index (χ1v) is 6.91. The fraction of sp³-hybridized carbons (Fsp3) is 1.00. The fourth-order valence-corrected chi connectivity index (χ4v) is 2.10. The second kappa shape index (κ2) is 5.50. The van der Waals surface area contributed by atoms with Crippen LogP contribution in [0.1, 0.15) is 52.4 Å². The molecule has 16 heavy (non-hydrogen) atoms. The van der Waals surface area contributed by atoms with Crippen LogP contribution in [0.2, 0.25) is 0 Å². The van der Waals surface area contributed by atoms with Gasteiger partial charge in [-0.3, -0.25) is 0 Å². The van der Waals surface area contributed by atoms with E-state index in [1.54, 1.807) is 0 Å². The van der Waals surface area contributed by atoms with Crippen molar-refractivity contribution >= 4 is 0 Å². The van der Waals surface area contributed by atoms with Gasteiger partial charge in [0.25, 0.3) is 0 Å². The smallest absolute Gasteiger partial charge is 0.0810 e. The summed E-state index contributed by atoms with van der Waals surface area (Å²) in [6.45, 7) is 7.61. The minimum atomic E-state index is 0.393. The Morgan fingerprint density at radius 1 is 1.38 bits per heavy atom. The molecule has 1 aliphatic heterocycles. The molecule has 2 aliphatic rings. The van der Waals surface area contributed by atoms with E-state index >= 15 is 0 Å². The summed E-state index contributed by atoms with van der Waals surface area (Å²) in [5.41, 5.74) is 0.393. The Hall–Kier alpha value is -0.0800. The monoisotopic (exact) mass is 226 g/mol. The zero-order chi connectivity index (χ0) is 11.4. The predicted octanol–water partition coefficient (Wildman–Crippen LogP) is 3.40. The van der Waals surface area contributed by atoms with Gasteiger partial charge in [0, 0.05) is 6.61 Å². The molecule has 1 saturated carbocycles. The Kier molecular flexibility index (Phi) is 4.26. The molecule has 2 fully saturated rings. The van der Waals surface area contributed by atoms with E-state index in [1.165, 1.54) is 38.5 Å². The molecule has 1 saturated heterocycles. The van der Waals surface area contributed by atoms with E-state index in [-0.39, 0.29) is 0 Å². The number of ether oxygens (including phenoxy) is 2. The molecule has 0 bridgehead atoms. The van der Waals surface area contributed by atoms with Crippen LogP contribution in [0.4, 0.5) is 0 Å².